The molecule has 1 aliphatic rings. The summed E-state index contributed by atoms with van der Waals surface area (Å²) in [6.07, 6.45) is 0.00619. The van der Waals surface area contributed by atoms with E-state index in [9.17, 15) is 9.90 Å². The summed E-state index contributed by atoms with van der Waals surface area (Å²) in [5.74, 6) is -0.228. The fraction of sp³-hybridized carbons (Fsp3) is 0.417. The number of nitrogens with two attached hydrogens (primary N) is 1. The van der Waals surface area contributed by atoms with Crippen molar-refractivity contribution in [1.29, 1.82) is 0 Å². The number of aliphatic hydroxyl groups excluding tert-OH is 1. The van der Waals surface area contributed by atoms with Crippen molar-refractivity contribution in [3.63, 3.8) is 0 Å². The van der Waals surface area contributed by atoms with Gasteiger partial charge in [0, 0.05) is 12.2 Å². The van der Waals surface area contributed by atoms with Crippen LogP contribution in [0.25, 0.3) is 0 Å². The van der Waals surface area contributed by atoms with Crippen molar-refractivity contribution in [2.45, 2.75) is 25.5 Å². The minimum Gasteiger partial charge on any atom is -0.391 e. The van der Waals surface area contributed by atoms with Crippen LogP contribution in [0.4, 0.5) is 5.69 Å². The highest BCUT2D eigenvalue weighted by atomic mass is 16.3. The van der Waals surface area contributed by atoms with Gasteiger partial charge in [-0.15, -0.1) is 0 Å². The van der Waals surface area contributed by atoms with E-state index in [-0.39, 0.29) is 5.91 Å². The molecule has 1 aromatic rings. The third-order valence-corrected chi connectivity index (χ3v) is 2.90. The highest BCUT2D eigenvalue weighted by Crippen LogP contribution is 2.27. The van der Waals surface area contributed by atoms with Crippen molar-refractivity contribution in [1.82, 2.24) is 0 Å². The predicted octanol–water partition coefficient (Wildman–Crippen LogP) is 0.0840. The third kappa shape index (κ3) is 1.81. The summed E-state index contributed by atoms with van der Waals surface area (Å²) in [5.41, 5.74) is 7.64. The summed E-state index contributed by atoms with van der Waals surface area (Å²) in [7, 11) is 0. The van der Waals surface area contributed by atoms with Crippen LogP contribution in [0.5, 0.6) is 0 Å². The summed E-state index contributed by atoms with van der Waals surface area (Å²) < 4.78 is 0. The van der Waals surface area contributed by atoms with E-state index in [1.54, 1.807) is 11.0 Å². The van der Waals surface area contributed by atoms with E-state index < -0.39 is 12.1 Å². The van der Waals surface area contributed by atoms with Crippen LogP contribution in [0.1, 0.15) is 12.5 Å². The lowest BCUT2D eigenvalue weighted by molar-refractivity contribution is -0.121. The predicted molar refractivity (Wildman–Crippen MR) is 61.0 cm³/mol. The van der Waals surface area contributed by atoms with Crippen LogP contribution in [-0.2, 0) is 11.2 Å². The average Bonchev–Trinajstić information content (AvgIpc) is 2.70. The van der Waals surface area contributed by atoms with Crippen molar-refractivity contribution in [3.8, 4) is 0 Å². The number of aliphatic hydroxyl groups is 1. The van der Waals surface area contributed by atoms with Crippen molar-refractivity contribution < 1.29 is 9.90 Å². The van der Waals surface area contributed by atoms with Gasteiger partial charge in [-0.3, -0.25) is 4.79 Å². The number of hydrogen-bond acceptors (Lipinski definition) is 3. The highest BCUT2D eigenvalue weighted by molar-refractivity contribution is 5.99. The Hall–Kier alpha value is -1.39. The van der Waals surface area contributed by atoms with Crippen molar-refractivity contribution in [2.75, 3.05) is 11.4 Å². The Balaban J connectivity index is 2.22. The zero-order chi connectivity index (χ0) is 11.7. The van der Waals surface area contributed by atoms with Crippen molar-refractivity contribution >= 4 is 11.6 Å². The molecule has 1 heterocycles. The van der Waals surface area contributed by atoms with Gasteiger partial charge >= 0.3 is 0 Å². The number of carbonyl (C=O) groups is 1. The molecule has 0 unspecified atom stereocenters. The van der Waals surface area contributed by atoms with Crippen LogP contribution in [-0.4, -0.2) is 29.7 Å². The molecule has 16 heavy (non-hydrogen) atoms. The van der Waals surface area contributed by atoms with Crippen LogP contribution in [0.15, 0.2) is 18.2 Å². The number of rotatable bonds is 2. The van der Waals surface area contributed by atoms with E-state index in [1.165, 1.54) is 6.92 Å². The minimum atomic E-state index is -0.855. The maximum absolute atomic E-state index is 12.0. The molecule has 3 N–H and O–H groups in total. The Morgan fingerprint density at radius 3 is 3.12 bits per heavy atom. The molecule has 0 aromatic heterocycles. The van der Waals surface area contributed by atoms with E-state index in [4.69, 9.17) is 5.73 Å². The highest BCUT2D eigenvalue weighted by Gasteiger charge is 2.29. The Morgan fingerprint density at radius 1 is 1.69 bits per heavy atom. The fourth-order valence-corrected chi connectivity index (χ4v) is 1.88. The first kappa shape index (κ1) is 11.1. The van der Waals surface area contributed by atoms with Gasteiger partial charge in [-0.2, -0.15) is 0 Å². The van der Waals surface area contributed by atoms with Crippen molar-refractivity contribution in [3.05, 3.63) is 29.8 Å². The molecule has 85 valence electrons. The second-order valence-corrected chi connectivity index (χ2v) is 4.06. The van der Waals surface area contributed by atoms with Crippen LogP contribution in [0, 0.1) is 6.07 Å². The van der Waals surface area contributed by atoms with Gasteiger partial charge in [-0.1, -0.05) is 12.1 Å². The lowest BCUT2D eigenvalue weighted by atomic mass is 10.1. The van der Waals surface area contributed by atoms with Gasteiger partial charge < -0.3 is 15.7 Å². The maximum Gasteiger partial charge on any atom is 0.246 e. The van der Waals surface area contributed by atoms with Gasteiger partial charge in [-0.05, 0) is 31.0 Å². The summed E-state index contributed by atoms with van der Waals surface area (Å²) in [6, 6.07) is 7.67. The van der Waals surface area contributed by atoms with Crippen LogP contribution in [0.3, 0.4) is 0 Å². The second-order valence-electron chi connectivity index (χ2n) is 4.06. The largest absolute Gasteiger partial charge is 0.391 e. The fourth-order valence-electron chi connectivity index (χ4n) is 1.88. The number of carbonyl (C=O) groups excluding carboxylic acids is 1. The first-order valence-corrected chi connectivity index (χ1v) is 5.35. The molecule has 4 heteroatoms. The third-order valence-electron chi connectivity index (χ3n) is 2.90. The Morgan fingerprint density at radius 2 is 2.44 bits per heavy atom. The van der Waals surface area contributed by atoms with E-state index in [2.05, 4.69) is 6.07 Å². The Labute approximate surface area is 94.7 Å². The second kappa shape index (κ2) is 4.23. The molecule has 0 saturated carbocycles. The SMILES string of the molecule is C[C@@H](O)[C@H](N)C(=O)N1CCc2cc[c]cc21. The molecule has 1 aliphatic heterocycles. The summed E-state index contributed by atoms with van der Waals surface area (Å²) in [4.78, 5) is 13.6. The van der Waals surface area contributed by atoms with Gasteiger partial charge in [0.25, 0.3) is 0 Å². The smallest absolute Gasteiger partial charge is 0.246 e. The number of nitrogens with zero attached hydrogens (tertiary/aromatic N) is 1. The molecule has 0 bridgehead atoms. The Kier molecular flexibility index (Phi) is 2.94. The standard InChI is InChI=1S/C12H15N2O2/c1-8(15)11(13)12(16)14-7-6-9-4-2-3-5-10(9)14/h2,4-5,8,11,15H,6-7,13H2,1H3/t8-,11+/m1/s1. The summed E-state index contributed by atoms with van der Waals surface area (Å²) in [5, 5.41) is 9.32. The van der Waals surface area contributed by atoms with Gasteiger partial charge in [-0.25, -0.2) is 0 Å². The number of fused-ring (bicyclic) bond motifs is 1. The first-order chi connectivity index (χ1) is 7.61. The molecule has 4 nitrogen and oxygen atoms in total. The lowest BCUT2D eigenvalue weighted by Crippen LogP contribution is -2.48. The molecule has 0 spiro atoms. The van der Waals surface area contributed by atoms with E-state index in [1.807, 2.05) is 12.1 Å². The van der Waals surface area contributed by atoms with Gasteiger partial charge in [0.05, 0.1) is 6.10 Å². The molecule has 1 radical (unpaired) electrons. The summed E-state index contributed by atoms with van der Waals surface area (Å²) in [6.45, 7) is 2.16. The summed E-state index contributed by atoms with van der Waals surface area (Å²) >= 11 is 0. The molecular formula is C12H15N2O2. The van der Waals surface area contributed by atoms with Gasteiger partial charge in [0.2, 0.25) is 5.91 Å². The zero-order valence-corrected chi connectivity index (χ0v) is 9.18. The van der Waals surface area contributed by atoms with E-state index in [0.29, 0.717) is 6.54 Å². The normalized spacial score (nSPS) is 18.1. The number of amides is 1. The molecule has 0 fully saturated rings. The van der Waals surface area contributed by atoms with E-state index in [0.717, 1.165) is 17.7 Å². The minimum absolute atomic E-state index is 0.228. The maximum atomic E-state index is 12.0. The topological polar surface area (TPSA) is 66.6 Å². The van der Waals surface area contributed by atoms with Crippen molar-refractivity contribution in [2.24, 2.45) is 5.73 Å². The van der Waals surface area contributed by atoms with Crippen LogP contribution >= 0.6 is 0 Å². The van der Waals surface area contributed by atoms with E-state index >= 15 is 0 Å². The molecule has 1 amide bonds. The monoisotopic (exact) mass is 219 g/mol. The van der Waals surface area contributed by atoms with Gasteiger partial charge in [0.15, 0.2) is 0 Å². The number of hydrogen-bond donors (Lipinski definition) is 2. The van der Waals surface area contributed by atoms with Gasteiger partial charge in [0.1, 0.15) is 6.04 Å². The number of anilines is 1. The zero-order valence-electron chi connectivity index (χ0n) is 9.18. The molecule has 0 aliphatic carbocycles. The quantitative estimate of drug-likeness (QED) is 0.740. The molecule has 0 saturated heterocycles. The molecule has 2 atom stereocenters. The first-order valence-electron chi connectivity index (χ1n) is 5.35. The average molecular weight is 219 g/mol. The molecule has 2 rings (SSSR count). The van der Waals surface area contributed by atoms with Crippen LogP contribution in [0.2, 0.25) is 0 Å². The number of benzene rings is 1. The molecule has 1 aromatic carbocycles. The lowest BCUT2D eigenvalue weighted by Gasteiger charge is -2.22. The molecular weight excluding hydrogens is 204 g/mol. The Bertz CT molecular complexity index is 404. The van der Waals surface area contributed by atoms with Crippen LogP contribution < -0.4 is 10.6 Å².